The fraction of sp³-hybridized carbons (Fsp3) is 1.00. The summed E-state index contributed by atoms with van der Waals surface area (Å²) in [6, 6.07) is 0.426. The normalized spacial score (nSPS) is 25.7. The van der Waals surface area contributed by atoms with Crippen molar-refractivity contribution >= 4 is 0 Å². The molecule has 2 rings (SSSR count). The van der Waals surface area contributed by atoms with Crippen molar-refractivity contribution in [3.63, 3.8) is 0 Å². The first-order chi connectivity index (χ1) is 8.79. The first-order valence-corrected chi connectivity index (χ1v) is 8.30. The first kappa shape index (κ1) is 14.3. The molecule has 2 N–H and O–H groups in total. The first-order valence-electron chi connectivity index (χ1n) is 8.30. The number of hydrogen-bond donors (Lipinski definition) is 1. The summed E-state index contributed by atoms with van der Waals surface area (Å²) in [6.45, 7) is 4.90. The van der Waals surface area contributed by atoms with E-state index in [-0.39, 0.29) is 0 Å². The van der Waals surface area contributed by atoms with E-state index in [0.717, 1.165) is 0 Å². The smallest absolute Gasteiger partial charge is 0.0360 e. The predicted octanol–water partition coefficient (Wildman–Crippen LogP) is 3.69. The minimum Gasteiger partial charge on any atom is -0.326 e. The molecule has 0 radical (unpaired) electrons. The van der Waals surface area contributed by atoms with E-state index >= 15 is 0 Å². The van der Waals surface area contributed by atoms with Crippen LogP contribution in [0.4, 0.5) is 0 Å². The molecule has 0 bridgehead atoms. The molecule has 0 aromatic carbocycles. The van der Waals surface area contributed by atoms with Gasteiger partial charge in [-0.1, -0.05) is 45.4 Å². The minimum atomic E-state index is 0.392. The van der Waals surface area contributed by atoms with Crippen molar-refractivity contribution in [2.45, 2.75) is 89.1 Å². The van der Waals surface area contributed by atoms with Crippen LogP contribution in [0.15, 0.2) is 0 Å². The molecule has 2 fully saturated rings. The lowest BCUT2D eigenvalue weighted by Gasteiger charge is -2.43. The molecule has 1 atom stereocenters. The molecule has 2 heteroatoms. The van der Waals surface area contributed by atoms with Crippen molar-refractivity contribution in [3.05, 3.63) is 0 Å². The second-order valence-corrected chi connectivity index (χ2v) is 6.46. The van der Waals surface area contributed by atoms with Crippen molar-refractivity contribution in [2.75, 3.05) is 13.1 Å². The van der Waals surface area contributed by atoms with Crippen molar-refractivity contribution in [1.29, 1.82) is 0 Å². The minimum absolute atomic E-state index is 0.392. The SMILES string of the molecule is CCCCCCC(N)C1(N2CCCC2)CCCC1. The maximum atomic E-state index is 6.63. The van der Waals surface area contributed by atoms with E-state index in [9.17, 15) is 0 Å². The van der Waals surface area contributed by atoms with Crippen molar-refractivity contribution in [1.82, 2.24) is 4.90 Å². The molecule has 0 aromatic rings. The van der Waals surface area contributed by atoms with E-state index in [4.69, 9.17) is 5.73 Å². The van der Waals surface area contributed by atoms with Crippen LogP contribution in [0.3, 0.4) is 0 Å². The topological polar surface area (TPSA) is 29.3 Å². The van der Waals surface area contributed by atoms with Crippen molar-refractivity contribution in [3.8, 4) is 0 Å². The summed E-state index contributed by atoms with van der Waals surface area (Å²) in [4.78, 5) is 2.75. The highest BCUT2D eigenvalue weighted by Gasteiger charge is 2.44. The summed E-state index contributed by atoms with van der Waals surface area (Å²) < 4.78 is 0. The lowest BCUT2D eigenvalue weighted by atomic mass is 9.84. The standard InChI is InChI=1S/C16H32N2/c1-2-3-4-5-10-15(17)16(11-6-7-12-16)18-13-8-9-14-18/h15H,2-14,17H2,1H3. The molecule has 106 valence electrons. The zero-order valence-electron chi connectivity index (χ0n) is 12.3. The van der Waals surface area contributed by atoms with Gasteiger partial charge >= 0.3 is 0 Å². The summed E-state index contributed by atoms with van der Waals surface area (Å²) in [5.41, 5.74) is 7.03. The van der Waals surface area contributed by atoms with Gasteiger partial charge in [0.2, 0.25) is 0 Å². The molecular weight excluding hydrogens is 220 g/mol. The second-order valence-electron chi connectivity index (χ2n) is 6.46. The summed E-state index contributed by atoms with van der Waals surface area (Å²) in [6.07, 6.45) is 15.0. The number of likely N-dealkylation sites (tertiary alicyclic amines) is 1. The Morgan fingerprint density at radius 2 is 1.67 bits per heavy atom. The van der Waals surface area contributed by atoms with Crippen LogP contribution >= 0.6 is 0 Å². The highest BCUT2D eigenvalue weighted by molar-refractivity contribution is 5.03. The fourth-order valence-corrected chi connectivity index (χ4v) is 4.13. The molecule has 18 heavy (non-hydrogen) atoms. The Balaban J connectivity index is 1.87. The van der Waals surface area contributed by atoms with Crippen LogP contribution in [-0.2, 0) is 0 Å². The van der Waals surface area contributed by atoms with Gasteiger partial charge in [0.1, 0.15) is 0 Å². The van der Waals surface area contributed by atoms with Gasteiger partial charge in [0.15, 0.2) is 0 Å². The van der Waals surface area contributed by atoms with E-state index in [1.165, 1.54) is 83.7 Å². The number of nitrogens with zero attached hydrogens (tertiary/aromatic N) is 1. The van der Waals surface area contributed by atoms with Gasteiger partial charge in [-0.15, -0.1) is 0 Å². The zero-order chi connectivity index (χ0) is 12.8. The number of rotatable bonds is 7. The molecular formula is C16H32N2. The van der Waals surface area contributed by atoms with Crippen LogP contribution in [0.5, 0.6) is 0 Å². The monoisotopic (exact) mass is 252 g/mol. The number of hydrogen-bond acceptors (Lipinski definition) is 2. The van der Waals surface area contributed by atoms with Crippen LogP contribution in [0.2, 0.25) is 0 Å². The van der Waals surface area contributed by atoms with Gasteiger partial charge in [0.25, 0.3) is 0 Å². The van der Waals surface area contributed by atoms with Crippen LogP contribution in [0, 0.1) is 0 Å². The summed E-state index contributed by atoms with van der Waals surface area (Å²) >= 11 is 0. The summed E-state index contributed by atoms with van der Waals surface area (Å²) in [5, 5.41) is 0. The Hall–Kier alpha value is -0.0800. The Bertz CT molecular complexity index is 227. The van der Waals surface area contributed by atoms with E-state index in [1.807, 2.05) is 0 Å². The van der Waals surface area contributed by atoms with E-state index < -0.39 is 0 Å². The van der Waals surface area contributed by atoms with Crippen LogP contribution in [-0.4, -0.2) is 29.6 Å². The number of nitrogens with two attached hydrogens (primary N) is 1. The third kappa shape index (κ3) is 3.08. The van der Waals surface area contributed by atoms with Crippen LogP contribution < -0.4 is 5.73 Å². The third-order valence-electron chi connectivity index (χ3n) is 5.26. The second kappa shape index (κ2) is 6.91. The van der Waals surface area contributed by atoms with Gasteiger partial charge in [0, 0.05) is 11.6 Å². The largest absolute Gasteiger partial charge is 0.326 e. The molecule has 1 aliphatic heterocycles. The van der Waals surface area contributed by atoms with Crippen LogP contribution in [0.25, 0.3) is 0 Å². The van der Waals surface area contributed by atoms with Crippen LogP contribution in [0.1, 0.15) is 77.6 Å². The molecule has 2 nitrogen and oxygen atoms in total. The van der Waals surface area contributed by atoms with Crippen molar-refractivity contribution < 1.29 is 0 Å². The summed E-state index contributed by atoms with van der Waals surface area (Å²) in [7, 11) is 0. The predicted molar refractivity (Wildman–Crippen MR) is 78.7 cm³/mol. The molecule has 1 aliphatic carbocycles. The molecule has 1 unspecified atom stereocenters. The van der Waals surface area contributed by atoms with Gasteiger partial charge in [-0.25, -0.2) is 0 Å². The maximum Gasteiger partial charge on any atom is 0.0360 e. The molecule has 1 saturated carbocycles. The van der Waals surface area contributed by atoms with E-state index in [1.54, 1.807) is 0 Å². The molecule has 0 spiro atoms. The lowest BCUT2D eigenvalue weighted by molar-refractivity contribution is 0.0877. The molecule has 0 aromatic heterocycles. The van der Waals surface area contributed by atoms with Crippen molar-refractivity contribution in [2.24, 2.45) is 5.73 Å². The van der Waals surface area contributed by atoms with Gasteiger partial charge in [-0.2, -0.15) is 0 Å². The average Bonchev–Trinajstić information content (AvgIpc) is 3.03. The van der Waals surface area contributed by atoms with E-state index in [0.29, 0.717) is 11.6 Å². The maximum absolute atomic E-state index is 6.63. The average molecular weight is 252 g/mol. The Morgan fingerprint density at radius 3 is 2.28 bits per heavy atom. The van der Waals surface area contributed by atoms with Gasteiger partial charge in [-0.3, -0.25) is 4.90 Å². The highest BCUT2D eigenvalue weighted by Crippen LogP contribution is 2.40. The Kier molecular flexibility index (Phi) is 5.50. The lowest BCUT2D eigenvalue weighted by Crippen LogP contribution is -2.57. The van der Waals surface area contributed by atoms with Gasteiger partial charge < -0.3 is 5.73 Å². The number of unbranched alkanes of at least 4 members (excludes halogenated alkanes) is 3. The van der Waals surface area contributed by atoms with Gasteiger partial charge in [0.05, 0.1) is 0 Å². The Labute approximate surface area is 113 Å². The van der Waals surface area contributed by atoms with Gasteiger partial charge in [-0.05, 0) is 45.2 Å². The highest BCUT2D eigenvalue weighted by atomic mass is 15.2. The molecule has 1 saturated heterocycles. The fourth-order valence-electron chi connectivity index (χ4n) is 4.13. The zero-order valence-corrected chi connectivity index (χ0v) is 12.3. The Morgan fingerprint density at radius 1 is 1.00 bits per heavy atom. The molecule has 1 heterocycles. The molecule has 2 aliphatic rings. The summed E-state index contributed by atoms with van der Waals surface area (Å²) in [5.74, 6) is 0. The molecule has 0 amide bonds. The third-order valence-corrected chi connectivity index (χ3v) is 5.26. The quantitative estimate of drug-likeness (QED) is 0.700. The van der Waals surface area contributed by atoms with E-state index in [2.05, 4.69) is 11.8 Å².